The summed E-state index contributed by atoms with van der Waals surface area (Å²) in [5, 5.41) is 24.7. The summed E-state index contributed by atoms with van der Waals surface area (Å²) < 4.78 is 5.23. The third-order valence-corrected chi connectivity index (χ3v) is 4.87. The lowest BCUT2D eigenvalue weighted by Gasteiger charge is -2.07. The summed E-state index contributed by atoms with van der Waals surface area (Å²) in [5.74, 6) is -1.27. The molecule has 2 N–H and O–H groups in total. The quantitative estimate of drug-likeness (QED) is 0.598. The first-order valence-electron chi connectivity index (χ1n) is 9.42. The lowest BCUT2D eigenvalue weighted by Crippen LogP contribution is -2.15. The Labute approximate surface area is 168 Å². The Kier molecular flexibility index (Phi) is 5.81. The number of carbonyl (C=O) groups excluding carboxylic acids is 1. The average molecular weight is 399 g/mol. The number of anilines is 1. The molecule has 0 saturated carbocycles. The molecule has 29 heavy (non-hydrogen) atoms. The van der Waals surface area contributed by atoms with Crippen LogP contribution in [0.5, 0.6) is 0 Å². The first-order chi connectivity index (χ1) is 13.8. The van der Waals surface area contributed by atoms with Gasteiger partial charge < -0.3 is 10.4 Å². The number of carboxylic acid groups (broad SMARTS) is 1. The molecule has 0 spiro atoms. The summed E-state index contributed by atoms with van der Waals surface area (Å²) in [6.45, 7) is 9.41. The fourth-order valence-corrected chi connectivity index (χ4v) is 3.15. The molecule has 3 aromatic heterocycles. The minimum absolute atomic E-state index is 0.0538. The number of hydrogen-bond acceptors (Lipinski definition) is 5. The maximum Gasteiger partial charge on any atom is 0.305 e. The number of carboxylic acids is 1. The highest BCUT2D eigenvalue weighted by Gasteiger charge is 2.18. The van der Waals surface area contributed by atoms with Gasteiger partial charge >= 0.3 is 5.97 Å². The van der Waals surface area contributed by atoms with Crippen molar-refractivity contribution in [2.45, 2.75) is 53.8 Å². The van der Waals surface area contributed by atoms with Crippen LogP contribution in [-0.4, -0.2) is 46.3 Å². The molecule has 0 unspecified atom stereocenters. The topological polar surface area (TPSA) is 120 Å². The van der Waals surface area contributed by atoms with E-state index in [1.54, 1.807) is 12.3 Å². The van der Waals surface area contributed by atoms with Crippen LogP contribution in [0.2, 0.25) is 0 Å². The Hall–Kier alpha value is -3.43. The van der Waals surface area contributed by atoms with Crippen LogP contribution in [0.15, 0.2) is 18.5 Å². The number of carbonyl (C=O) groups is 2. The summed E-state index contributed by atoms with van der Waals surface area (Å²) in [4.78, 5) is 23.2. The van der Waals surface area contributed by atoms with Gasteiger partial charge in [-0.1, -0.05) is 0 Å². The van der Waals surface area contributed by atoms with Crippen LogP contribution >= 0.6 is 0 Å². The SMILES string of the molecule is CCn1ncc(Cn2nc(C)c(NC(=O)c3ccn(CCC(=O)O)n3)c2C)c1C. The number of nitrogens with zero attached hydrogens (tertiary/aromatic N) is 6. The third-order valence-electron chi connectivity index (χ3n) is 4.87. The Morgan fingerprint density at radius 2 is 1.90 bits per heavy atom. The minimum atomic E-state index is -0.912. The van der Waals surface area contributed by atoms with Gasteiger partial charge in [-0.05, 0) is 33.8 Å². The van der Waals surface area contributed by atoms with Gasteiger partial charge in [0.05, 0.1) is 42.8 Å². The standard InChI is InChI=1S/C19H25N7O3/c1-5-25-13(3)15(10-20-25)11-26-14(4)18(12(2)22-26)21-19(29)16-6-8-24(23-16)9-7-17(27)28/h6,8,10H,5,7,9,11H2,1-4H3,(H,21,29)(H,27,28). The molecule has 3 aromatic rings. The molecule has 10 nitrogen and oxygen atoms in total. The van der Waals surface area contributed by atoms with Gasteiger partial charge in [-0.3, -0.25) is 23.6 Å². The zero-order valence-corrected chi connectivity index (χ0v) is 17.0. The van der Waals surface area contributed by atoms with E-state index in [0.29, 0.717) is 17.9 Å². The highest BCUT2D eigenvalue weighted by atomic mass is 16.4. The van der Waals surface area contributed by atoms with Crippen molar-refractivity contribution in [2.24, 2.45) is 0 Å². The van der Waals surface area contributed by atoms with E-state index in [-0.39, 0.29) is 24.6 Å². The molecule has 1 amide bonds. The van der Waals surface area contributed by atoms with Crippen molar-refractivity contribution in [1.82, 2.24) is 29.3 Å². The Morgan fingerprint density at radius 3 is 2.55 bits per heavy atom. The van der Waals surface area contributed by atoms with E-state index in [1.807, 2.05) is 43.3 Å². The Balaban J connectivity index is 1.73. The molecule has 0 aromatic carbocycles. The van der Waals surface area contributed by atoms with Crippen LogP contribution in [0.3, 0.4) is 0 Å². The summed E-state index contributed by atoms with van der Waals surface area (Å²) in [7, 11) is 0. The molecule has 0 aliphatic carbocycles. The van der Waals surface area contributed by atoms with Crippen LogP contribution in [0.25, 0.3) is 0 Å². The lowest BCUT2D eigenvalue weighted by molar-refractivity contribution is -0.137. The van der Waals surface area contributed by atoms with E-state index < -0.39 is 5.97 Å². The van der Waals surface area contributed by atoms with Crippen molar-refractivity contribution in [1.29, 1.82) is 0 Å². The van der Waals surface area contributed by atoms with Gasteiger partial charge in [-0.2, -0.15) is 15.3 Å². The van der Waals surface area contributed by atoms with Crippen LogP contribution in [-0.2, 0) is 24.4 Å². The zero-order chi connectivity index (χ0) is 21.1. The monoisotopic (exact) mass is 399 g/mol. The van der Waals surface area contributed by atoms with E-state index in [1.165, 1.54) is 4.68 Å². The van der Waals surface area contributed by atoms with Crippen molar-refractivity contribution in [3.63, 3.8) is 0 Å². The second-order valence-corrected chi connectivity index (χ2v) is 6.84. The largest absolute Gasteiger partial charge is 0.481 e. The van der Waals surface area contributed by atoms with Gasteiger partial charge in [0.1, 0.15) is 0 Å². The molecule has 0 aliphatic rings. The third kappa shape index (κ3) is 4.36. The fraction of sp³-hybridized carbons (Fsp3) is 0.421. The molecule has 10 heteroatoms. The van der Waals surface area contributed by atoms with Gasteiger partial charge in [0.25, 0.3) is 5.91 Å². The second-order valence-electron chi connectivity index (χ2n) is 6.84. The molecule has 0 radical (unpaired) electrons. The molecule has 0 atom stereocenters. The van der Waals surface area contributed by atoms with E-state index in [0.717, 1.165) is 23.5 Å². The summed E-state index contributed by atoms with van der Waals surface area (Å²) in [5.41, 5.74) is 4.59. The van der Waals surface area contributed by atoms with E-state index in [9.17, 15) is 9.59 Å². The maximum atomic E-state index is 12.6. The smallest absolute Gasteiger partial charge is 0.305 e. The molecule has 3 heterocycles. The second kappa shape index (κ2) is 8.29. The number of aliphatic carboxylic acids is 1. The molecule has 3 rings (SSSR count). The molecule has 0 bridgehead atoms. The molecular weight excluding hydrogens is 374 g/mol. The first-order valence-corrected chi connectivity index (χ1v) is 9.42. The van der Waals surface area contributed by atoms with E-state index in [4.69, 9.17) is 5.11 Å². The van der Waals surface area contributed by atoms with Crippen molar-refractivity contribution >= 4 is 17.6 Å². The van der Waals surface area contributed by atoms with Crippen LogP contribution < -0.4 is 5.32 Å². The van der Waals surface area contributed by atoms with Crippen molar-refractivity contribution in [3.8, 4) is 0 Å². The molecule has 0 fully saturated rings. The number of amides is 1. The summed E-state index contributed by atoms with van der Waals surface area (Å²) >= 11 is 0. The van der Waals surface area contributed by atoms with Crippen molar-refractivity contribution in [2.75, 3.05) is 5.32 Å². The number of rotatable bonds is 8. The van der Waals surface area contributed by atoms with Crippen molar-refractivity contribution in [3.05, 3.63) is 46.8 Å². The highest BCUT2D eigenvalue weighted by Crippen LogP contribution is 2.22. The fourth-order valence-electron chi connectivity index (χ4n) is 3.15. The van der Waals surface area contributed by atoms with Crippen LogP contribution in [0.4, 0.5) is 5.69 Å². The van der Waals surface area contributed by atoms with Crippen LogP contribution in [0.1, 0.15) is 46.5 Å². The maximum absolute atomic E-state index is 12.6. The van der Waals surface area contributed by atoms with Crippen LogP contribution in [0, 0.1) is 20.8 Å². The van der Waals surface area contributed by atoms with Gasteiger partial charge in [0, 0.05) is 24.0 Å². The number of hydrogen-bond donors (Lipinski definition) is 2. The predicted octanol–water partition coefficient (Wildman–Crippen LogP) is 2.00. The number of nitrogens with one attached hydrogen (secondary N) is 1. The van der Waals surface area contributed by atoms with E-state index >= 15 is 0 Å². The Morgan fingerprint density at radius 1 is 1.14 bits per heavy atom. The van der Waals surface area contributed by atoms with Gasteiger partial charge in [0.15, 0.2) is 5.69 Å². The zero-order valence-electron chi connectivity index (χ0n) is 17.0. The molecule has 0 aliphatic heterocycles. The summed E-state index contributed by atoms with van der Waals surface area (Å²) in [6.07, 6.45) is 3.38. The molecular formula is C19H25N7O3. The van der Waals surface area contributed by atoms with Gasteiger partial charge in [0.2, 0.25) is 0 Å². The minimum Gasteiger partial charge on any atom is -0.481 e. The van der Waals surface area contributed by atoms with Crippen molar-refractivity contribution < 1.29 is 14.7 Å². The Bertz CT molecular complexity index is 1040. The average Bonchev–Trinajstić information content (AvgIpc) is 3.36. The number of aromatic nitrogens is 6. The van der Waals surface area contributed by atoms with E-state index in [2.05, 4.69) is 20.6 Å². The lowest BCUT2D eigenvalue weighted by atomic mass is 10.2. The normalized spacial score (nSPS) is 11.0. The first kappa shape index (κ1) is 20.3. The molecule has 0 saturated heterocycles. The summed E-state index contributed by atoms with van der Waals surface area (Å²) in [6, 6.07) is 1.56. The highest BCUT2D eigenvalue weighted by molar-refractivity contribution is 6.03. The molecule has 154 valence electrons. The van der Waals surface area contributed by atoms with Gasteiger partial charge in [-0.15, -0.1) is 0 Å². The predicted molar refractivity (Wildman–Crippen MR) is 106 cm³/mol. The van der Waals surface area contributed by atoms with Gasteiger partial charge in [-0.25, -0.2) is 0 Å². The number of aryl methyl sites for hydroxylation is 3.